The van der Waals surface area contributed by atoms with Gasteiger partial charge in [0, 0.05) is 38.0 Å². The molecule has 2 saturated heterocycles. The molecule has 198 valence electrons. The predicted octanol–water partition coefficient (Wildman–Crippen LogP) is 4.32. The summed E-state index contributed by atoms with van der Waals surface area (Å²) in [6, 6.07) is 10.3. The molecule has 3 fully saturated rings. The van der Waals surface area contributed by atoms with E-state index in [0.717, 1.165) is 68.6 Å². The molecule has 37 heavy (non-hydrogen) atoms. The van der Waals surface area contributed by atoms with Gasteiger partial charge in [0.1, 0.15) is 11.3 Å². The number of hydrogen-bond donors (Lipinski definition) is 1. The summed E-state index contributed by atoms with van der Waals surface area (Å²) in [5.41, 5.74) is 2.79. The second-order valence-corrected chi connectivity index (χ2v) is 12.5. The number of fused-ring (bicyclic) bond motifs is 1. The van der Waals surface area contributed by atoms with Crippen LogP contribution in [0, 0.1) is 11.8 Å². The molecule has 2 aromatic carbocycles. The first kappa shape index (κ1) is 24.6. The number of aryl methyl sites for hydroxylation is 1. The quantitative estimate of drug-likeness (QED) is 0.547. The van der Waals surface area contributed by atoms with Crippen LogP contribution in [-0.4, -0.2) is 58.4 Å². The summed E-state index contributed by atoms with van der Waals surface area (Å²) < 4.78 is 41.1. The highest BCUT2D eigenvalue weighted by Gasteiger charge is 2.44. The molecule has 3 heterocycles. The molecule has 9 heteroatoms. The molecular formula is C28H34N2O6S. The van der Waals surface area contributed by atoms with E-state index in [1.165, 1.54) is 24.6 Å². The van der Waals surface area contributed by atoms with Crippen LogP contribution in [0.5, 0.6) is 5.75 Å². The Morgan fingerprint density at radius 2 is 1.81 bits per heavy atom. The SMILES string of the molecule is O=C(O)c1cc(S(=O)(=O)N2c3ccc(N4CCC4)cc3CCC2C2CC2)ccc1OCC1CCOCC1. The number of sulfonamides is 1. The third-order valence-corrected chi connectivity index (χ3v) is 10.1. The Balaban J connectivity index is 1.32. The first-order chi connectivity index (χ1) is 17.9. The van der Waals surface area contributed by atoms with Gasteiger partial charge in [0.15, 0.2) is 0 Å². The largest absolute Gasteiger partial charge is 0.492 e. The van der Waals surface area contributed by atoms with Crippen LogP contribution in [0.2, 0.25) is 0 Å². The van der Waals surface area contributed by atoms with Gasteiger partial charge in [-0.1, -0.05) is 0 Å². The Bertz CT molecular complexity index is 1280. The molecule has 1 atom stereocenters. The summed E-state index contributed by atoms with van der Waals surface area (Å²) in [4.78, 5) is 14.4. The van der Waals surface area contributed by atoms with Crippen LogP contribution in [-0.2, 0) is 21.2 Å². The van der Waals surface area contributed by atoms with Gasteiger partial charge < -0.3 is 19.5 Å². The number of aromatic carboxylic acids is 1. The van der Waals surface area contributed by atoms with Crippen molar-refractivity contribution in [1.82, 2.24) is 0 Å². The van der Waals surface area contributed by atoms with Gasteiger partial charge in [-0.3, -0.25) is 4.31 Å². The molecule has 3 aliphatic heterocycles. The molecule has 1 N–H and O–H groups in total. The fraction of sp³-hybridized carbons (Fsp3) is 0.536. The highest BCUT2D eigenvalue weighted by atomic mass is 32.2. The van der Waals surface area contributed by atoms with Crippen molar-refractivity contribution in [1.29, 1.82) is 0 Å². The number of anilines is 2. The topological polar surface area (TPSA) is 96.4 Å². The van der Waals surface area contributed by atoms with Crippen LogP contribution in [0.3, 0.4) is 0 Å². The first-order valence-corrected chi connectivity index (χ1v) is 14.9. The highest BCUT2D eigenvalue weighted by molar-refractivity contribution is 7.92. The van der Waals surface area contributed by atoms with Gasteiger partial charge in [-0.25, -0.2) is 13.2 Å². The van der Waals surface area contributed by atoms with E-state index in [-0.39, 0.29) is 22.3 Å². The summed E-state index contributed by atoms with van der Waals surface area (Å²) in [6.07, 6.45) is 6.59. The summed E-state index contributed by atoms with van der Waals surface area (Å²) >= 11 is 0. The third-order valence-electron chi connectivity index (χ3n) is 8.25. The Kier molecular flexibility index (Phi) is 6.52. The summed E-state index contributed by atoms with van der Waals surface area (Å²) in [7, 11) is -3.98. The van der Waals surface area contributed by atoms with E-state index in [9.17, 15) is 18.3 Å². The first-order valence-electron chi connectivity index (χ1n) is 13.4. The van der Waals surface area contributed by atoms with Gasteiger partial charge in [0.25, 0.3) is 10.0 Å². The highest BCUT2D eigenvalue weighted by Crippen LogP contribution is 2.46. The van der Waals surface area contributed by atoms with Gasteiger partial charge in [0.2, 0.25) is 0 Å². The minimum absolute atomic E-state index is 0.00589. The zero-order valence-electron chi connectivity index (χ0n) is 21.0. The monoisotopic (exact) mass is 526 g/mol. The standard InChI is InChI=1S/C28H34N2O6S/c31-28(32)24-17-23(6-9-27(24)36-18-19-10-14-35-15-11-19)37(33,34)30-25(20-2-3-20)7-4-21-16-22(5-8-26(21)30)29-12-1-13-29/h5-6,8-9,16-17,19-20,25H,1-4,7,10-15,18H2,(H,31,32). The van der Waals surface area contributed by atoms with E-state index >= 15 is 0 Å². The molecule has 4 aliphatic rings. The summed E-state index contributed by atoms with van der Waals surface area (Å²) in [5, 5.41) is 9.91. The van der Waals surface area contributed by atoms with Crippen molar-refractivity contribution in [3.8, 4) is 5.75 Å². The van der Waals surface area contributed by atoms with Crippen LogP contribution >= 0.6 is 0 Å². The molecule has 0 aromatic heterocycles. The number of carboxylic acid groups (broad SMARTS) is 1. The molecule has 0 bridgehead atoms. The summed E-state index contributed by atoms with van der Waals surface area (Å²) in [6.45, 7) is 3.81. The third kappa shape index (κ3) is 4.79. The predicted molar refractivity (Wildman–Crippen MR) is 140 cm³/mol. The molecule has 2 aromatic rings. The van der Waals surface area contributed by atoms with Crippen molar-refractivity contribution in [3.63, 3.8) is 0 Å². The van der Waals surface area contributed by atoms with Gasteiger partial charge in [-0.15, -0.1) is 0 Å². The van der Waals surface area contributed by atoms with Crippen molar-refractivity contribution in [2.45, 2.75) is 55.9 Å². The van der Waals surface area contributed by atoms with Crippen molar-refractivity contribution in [3.05, 3.63) is 47.5 Å². The smallest absolute Gasteiger partial charge is 0.339 e. The fourth-order valence-electron chi connectivity index (χ4n) is 5.77. The Labute approximate surface area is 218 Å². The number of carbonyl (C=O) groups is 1. The number of rotatable bonds is 8. The minimum atomic E-state index is -3.98. The van der Waals surface area contributed by atoms with E-state index in [1.807, 2.05) is 12.1 Å². The maximum atomic E-state index is 14.1. The molecule has 0 spiro atoms. The minimum Gasteiger partial charge on any atom is -0.492 e. The van der Waals surface area contributed by atoms with Crippen LogP contribution in [0.1, 0.15) is 54.4 Å². The number of nitrogens with zero attached hydrogens (tertiary/aromatic N) is 2. The average Bonchev–Trinajstić information content (AvgIpc) is 3.71. The van der Waals surface area contributed by atoms with Crippen molar-refractivity contribution < 1.29 is 27.8 Å². The fourth-order valence-corrected chi connectivity index (χ4v) is 7.58. The molecular weight excluding hydrogens is 492 g/mol. The molecule has 8 nitrogen and oxygen atoms in total. The van der Waals surface area contributed by atoms with E-state index in [2.05, 4.69) is 11.0 Å². The lowest BCUT2D eigenvalue weighted by Gasteiger charge is -2.40. The number of carboxylic acids is 1. The lowest BCUT2D eigenvalue weighted by molar-refractivity contribution is 0.0490. The zero-order valence-corrected chi connectivity index (χ0v) is 21.8. The maximum Gasteiger partial charge on any atom is 0.339 e. The Hall–Kier alpha value is -2.78. The van der Waals surface area contributed by atoms with Crippen LogP contribution < -0.4 is 13.9 Å². The molecule has 6 rings (SSSR count). The van der Waals surface area contributed by atoms with Gasteiger partial charge in [-0.05, 0) is 98.7 Å². The average molecular weight is 527 g/mol. The maximum absolute atomic E-state index is 14.1. The van der Waals surface area contributed by atoms with Crippen molar-refractivity contribution in [2.75, 3.05) is 42.1 Å². The molecule has 1 aliphatic carbocycles. The molecule has 0 amide bonds. The van der Waals surface area contributed by atoms with E-state index in [4.69, 9.17) is 9.47 Å². The van der Waals surface area contributed by atoms with Gasteiger partial charge in [-0.2, -0.15) is 0 Å². The normalized spacial score (nSPS) is 22.3. The summed E-state index contributed by atoms with van der Waals surface area (Å²) in [5.74, 6) is -0.353. The zero-order chi connectivity index (χ0) is 25.6. The molecule has 1 unspecified atom stereocenters. The number of ether oxygens (including phenoxy) is 2. The molecule has 1 saturated carbocycles. The van der Waals surface area contributed by atoms with Gasteiger partial charge >= 0.3 is 5.97 Å². The van der Waals surface area contributed by atoms with Gasteiger partial charge in [0.05, 0.1) is 17.2 Å². The van der Waals surface area contributed by atoms with Crippen LogP contribution in [0.25, 0.3) is 0 Å². The Morgan fingerprint density at radius 3 is 2.49 bits per heavy atom. The second-order valence-electron chi connectivity index (χ2n) is 10.7. The van der Waals surface area contributed by atoms with Crippen LogP contribution in [0.15, 0.2) is 41.3 Å². The molecule has 0 radical (unpaired) electrons. The van der Waals surface area contributed by atoms with E-state index in [0.29, 0.717) is 31.7 Å². The van der Waals surface area contributed by atoms with E-state index < -0.39 is 16.0 Å². The Morgan fingerprint density at radius 1 is 1.03 bits per heavy atom. The van der Waals surface area contributed by atoms with Crippen molar-refractivity contribution in [2.24, 2.45) is 11.8 Å². The van der Waals surface area contributed by atoms with E-state index in [1.54, 1.807) is 4.31 Å². The lowest BCUT2D eigenvalue weighted by atomic mass is 9.94. The van der Waals surface area contributed by atoms with Crippen LogP contribution in [0.4, 0.5) is 11.4 Å². The van der Waals surface area contributed by atoms with Crippen molar-refractivity contribution >= 4 is 27.4 Å². The number of hydrogen-bond acceptors (Lipinski definition) is 6. The number of benzene rings is 2. The lowest BCUT2D eigenvalue weighted by Crippen LogP contribution is -2.45. The second kappa shape index (κ2) is 9.83.